The number of ether oxygens (including phenoxy) is 1. The first-order valence-corrected chi connectivity index (χ1v) is 13.5. The Hall–Kier alpha value is -1.68. The molecule has 0 radical (unpaired) electrons. The van der Waals surface area contributed by atoms with E-state index in [0.717, 1.165) is 24.9 Å². The number of rotatable bonds is 6. The Kier molecular flexibility index (Phi) is 6.66. The number of amides is 1. The molecule has 170 valence electrons. The van der Waals surface area contributed by atoms with Gasteiger partial charge >= 0.3 is 0 Å². The molecule has 0 unspecified atom stereocenters. The van der Waals surface area contributed by atoms with Gasteiger partial charge in [0.1, 0.15) is 12.4 Å². The molecule has 4 nitrogen and oxygen atoms in total. The molecule has 0 aliphatic heterocycles. The predicted molar refractivity (Wildman–Crippen MR) is 149 cm³/mol. The van der Waals surface area contributed by atoms with E-state index in [4.69, 9.17) is 4.74 Å². The number of hydrogen-bond acceptors (Lipinski definition) is 3. The first kappa shape index (κ1) is 23.1. The molecule has 3 aromatic rings. The third-order valence-electron chi connectivity index (χ3n) is 7.27. The normalized spacial score (nSPS) is 24.0. The monoisotopic (exact) mass is 664 g/mol. The highest BCUT2D eigenvalue weighted by atomic mass is 127. The first-order chi connectivity index (χ1) is 16.0. The molecule has 33 heavy (non-hydrogen) atoms. The summed E-state index contributed by atoms with van der Waals surface area (Å²) in [6.07, 6.45) is 6.56. The minimum Gasteiger partial charge on any atom is -0.487 e. The molecule has 0 spiro atoms. The van der Waals surface area contributed by atoms with E-state index < -0.39 is 0 Å². The van der Waals surface area contributed by atoms with Gasteiger partial charge in [-0.1, -0.05) is 62.2 Å². The highest BCUT2D eigenvalue weighted by Crippen LogP contribution is 2.66. The summed E-state index contributed by atoms with van der Waals surface area (Å²) in [7, 11) is 0. The summed E-state index contributed by atoms with van der Waals surface area (Å²) >= 11 is 4.61. The number of benzene rings is 3. The lowest BCUT2D eigenvalue weighted by atomic mass is 9.90. The topological polar surface area (TPSA) is 50.7 Å². The average Bonchev–Trinajstić information content (AvgIpc) is 3.44. The van der Waals surface area contributed by atoms with E-state index >= 15 is 0 Å². The smallest absolute Gasteiger partial charge is 0.244 e. The fourth-order valence-corrected chi connectivity index (χ4v) is 7.58. The van der Waals surface area contributed by atoms with Crippen molar-refractivity contribution in [1.29, 1.82) is 0 Å². The van der Waals surface area contributed by atoms with Crippen LogP contribution in [0, 0.1) is 24.4 Å². The quantitative estimate of drug-likeness (QED) is 0.177. The molecule has 3 atom stereocenters. The van der Waals surface area contributed by atoms with E-state index in [-0.39, 0.29) is 17.2 Å². The van der Waals surface area contributed by atoms with Gasteiger partial charge in [-0.3, -0.25) is 4.79 Å². The molecule has 0 aromatic heterocycles. The van der Waals surface area contributed by atoms with E-state index in [9.17, 15) is 4.79 Å². The van der Waals surface area contributed by atoms with Crippen LogP contribution in [-0.4, -0.2) is 12.1 Å². The van der Waals surface area contributed by atoms with E-state index in [0.29, 0.717) is 12.5 Å². The van der Waals surface area contributed by atoms with Gasteiger partial charge in [0.05, 0.1) is 13.4 Å². The summed E-state index contributed by atoms with van der Waals surface area (Å²) in [4.78, 5) is 12.6. The molecule has 2 aliphatic carbocycles. The Labute approximate surface area is 221 Å². The molecule has 1 N–H and O–H groups in total. The van der Waals surface area contributed by atoms with Gasteiger partial charge in [0, 0.05) is 5.92 Å². The van der Waals surface area contributed by atoms with Crippen molar-refractivity contribution in [1.82, 2.24) is 5.43 Å². The van der Waals surface area contributed by atoms with E-state index in [1.165, 1.54) is 35.6 Å². The number of nitrogens with zero attached hydrogens (tertiary/aromatic N) is 1. The Bertz CT molecular complexity index is 1210. The van der Waals surface area contributed by atoms with Gasteiger partial charge in [-0.05, 0) is 103 Å². The summed E-state index contributed by atoms with van der Waals surface area (Å²) < 4.78 is 8.28. The van der Waals surface area contributed by atoms with Crippen molar-refractivity contribution in [2.24, 2.45) is 22.4 Å². The van der Waals surface area contributed by atoms with Crippen LogP contribution in [0.25, 0.3) is 10.8 Å². The molecule has 2 aliphatic rings. The predicted octanol–water partition coefficient (Wildman–Crippen LogP) is 6.90. The van der Waals surface area contributed by atoms with Gasteiger partial charge in [-0.2, -0.15) is 5.10 Å². The van der Waals surface area contributed by atoms with E-state index in [1.807, 2.05) is 12.1 Å². The van der Waals surface area contributed by atoms with Crippen LogP contribution in [0.3, 0.4) is 0 Å². The maximum absolute atomic E-state index is 12.6. The Morgan fingerprint density at radius 2 is 1.91 bits per heavy atom. The van der Waals surface area contributed by atoms with Crippen molar-refractivity contribution in [2.45, 2.75) is 39.2 Å². The van der Waals surface area contributed by atoms with Gasteiger partial charge in [0.25, 0.3) is 0 Å². The zero-order chi connectivity index (χ0) is 23.0. The molecule has 2 saturated carbocycles. The maximum Gasteiger partial charge on any atom is 0.244 e. The fourth-order valence-electron chi connectivity index (χ4n) is 5.45. The molecular formula is C27H26I2N2O2. The molecule has 6 heteroatoms. The third-order valence-corrected chi connectivity index (χ3v) is 8.88. The lowest BCUT2D eigenvalue weighted by Crippen LogP contribution is -2.22. The van der Waals surface area contributed by atoms with E-state index in [1.54, 1.807) is 6.21 Å². The second-order valence-corrected chi connectivity index (χ2v) is 11.6. The lowest BCUT2D eigenvalue weighted by Gasteiger charge is -2.15. The summed E-state index contributed by atoms with van der Waals surface area (Å²) in [5.41, 5.74) is 5.10. The molecule has 2 fully saturated rings. The number of hydrazone groups is 1. The lowest BCUT2D eigenvalue weighted by molar-refractivity contribution is -0.123. The van der Waals surface area contributed by atoms with Crippen molar-refractivity contribution in [3.05, 3.63) is 72.9 Å². The van der Waals surface area contributed by atoms with Crippen LogP contribution >= 0.6 is 45.2 Å². The summed E-state index contributed by atoms with van der Waals surface area (Å²) in [6.45, 7) is 2.77. The summed E-state index contributed by atoms with van der Waals surface area (Å²) in [6, 6.07) is 18.7. The Morgan fingerprint density at radius 1 is 1.15 bits per heavy atom. The number of hydrogen-bond donors (Lipinski definition) is 1. The molecule has 0 saturated heterocycles. The minimum absolute atomic E-state index is 0.0695. The number of nitrogens with one attached hydrogen (secondary N) is 1. The van der Waals surface area contributed by atoms with Gasteiger partial charge < -0.3 is 4.74 Å². The highest BCUT2D eigenvalue weighted by Gasteiger charge is 2.64. The Balaban J connectivity index is 1.23. The highest BCUT2D eigenvalue weighted by molar-refractivity contribution is 14.1. The minimum atomic E-state index is 0.0695. The van der Waals surface area contributed by atoms with Crippen molar-refractivity contribution >= 4 is 68.1 Å². The van der Waals surface area contributed by atoms with Gasteiger partial charge in [0.2, 0.25) is 5.91 Å². The number of halogens is 2. The van der Waals surface area contributed by atoms with Crippen molar-refractivity contribution in [3.63, 3.8) is 0 Å². The molecule has 1 amide bonds. The zero-order valence-corrected chi connectivity index (χ0v) is 22.8. The van der Waals surface area contributed by atoms with Crippen LogP contribution in [0.1, 0.15) is 43.7 Å². The van der Waals surface area contributed by atoms with Crippen LogP contribution in [0.4, 0.5) is 0 Å². The third kappa shape index (κ3) is 4.65. The van der Waals surface area contributed by atoms with Crippen LogP contribution in [0.2, 0.25) is 0 Å². The van der Waals surface area contributed by atoms with Crippen LogP contribution in [0.15, 0.2) is 59.7 Å². The number of fused-ring (bicyclic) bond motifs is 2. The van der Waals surface area contributed by atoms with Gasteiger partial charge in [-0.15, -0.1) is 0 Å². The number of carbonyl (C=O) groups is 1. The maximum atomic E-state index is 12.6. The summed E-state index contributed by atoms with van der Waals surface area (Å²) in [5.74, 6) is 1.61. The van der Waals surface area contributed by atoms with Crippen LogP contribution in [-0.2, 0) is 11.4 Å². The van der Waals surface area contributed by atoms with Crippen molar-refractivity contribution in [3.8, 4) is 5.75 Å². The largest absolute Gasteiger partial charge is 0.487 e. The molecular weight excluding hydrogens is 638 g/mol. The van der Waals surface area contributed by atoms with Crippen LogP contribution < -0.4 is 10.2 Å². The molecule has 0 heterocycles. The summed E-state index contributed by atoms with van der Waals surface area (Å²) in [5, 5.41) is 6.69. The van der Waals surface area contributed by atoms with Gasteiger partial charge in [0.15, 0.2) is 0 Å². The van der Waals surface area contributed by atoms with Crippen molar-refractivity contribution in [2.75, 3.05) is 0 Å². The second-order valence-electron chi connectivity index (χ2n) is 9.31. The SMILES string of the molecule is C[C@]12CCCC[C@H]1[C@@H]2C(=O)N/N=C\c1cc(I)c(OCc2cccc3ccccc23)c(I)c1. The van der Waals surface area contributed by atoms with Crippen LogP contribution in [0.5, 0.6) is 5.75 Å². The molecule has 5 rings (SSSR count). The molecule has 0 bridgehead atoms. The van der Waals surface area contributed by atoms with E-state index in [2.05, 4.69) is 105 Å². The van der Waals surface area contributed by atoms with Crippen molar-refractivity contribution < 1.29 is 9.53 Å². The average molecular weight is 664 g/mol. The molecule has 3 aromatic carbocycles. The second kappa shape index (κ2) is 9.52. The Morgan fingerprint density at radius 3 is 2.67 bits per heavy atom. The zero-order valence-electron chi connectivity index (χ0n) is 18.5. The number of carbonyl (C=O) groups excluding carboxylic acids is 1. The standard InChI is InChI=1S/C27H26I2N2O2/c1-27-12-5-4-11-21(27)24(27)26(32)31-30-15-17-13-22(28)25(23(29)14-17)33-16-19-9-6-8-18-7-2-3-10-20(18)19/h2-3,6-10,13-15,21,24H,4-5,11-12,16H2,1H3,(H,31,32)/b30-15-/t21-,24+,27-/m0/s1. The van der Waals surface area contributed by atoms with Gasteiger partial charge in [-0.25, -0.2) is 5.43 Å². The fraction of sp³-hybridized carbons (Fsp3) is 0.333. The first-order valence-electron chi connectivity index (χ1n) is 11.4.